The van der Waals surface area contributed by atoms with Gasteiger partial charge in [-0.3, -0.25) is 0 Å². The SMILES string of the molecule is COC(=O)c1cc(C)cc(N2C[C@@H](CNCCc3cccc4ccccc34)Oc3ccccc32)c1. The topological polar surface area (TPSA) is 50.8 Å². The normalized spacial score (nSPS) is 14.9. The van der Waals surface area contributed by atoms with Crippen LogP contribution in [0.4, 0.5) is 11.4 Å². The number of fused-ring (bicyclic) bond motifs is 2. The second-order valence-electron chi connectivity index (χ2n) is 8.96. The average molecular weight is 467 g/mol. The number of benzene rings is 4. The third kappa shape index (κ3) is 5.00. The van der Waals surface area contributed by atoms with E-state index < -0.39 is 0 Å². The first-order valence-corrected chi connectivity index (χ1v) is 12.0. The van der Waals surface area contributed by atoms with E-state index >= 15 is 0 Å². The molecule has 0 unspecified atom stereocenters. The molecule has 1 atom stereocenters. The standard InChI is InChI=1S/C30H30N2O3/c1-21-16-24(30(33)34-2)18-25(17-21)32-20-26(35-29-13-6-5-12-28(29)32)19-31-15-14-23-10-7-9-22-8-3-4-11-27(22)23/h3-13,16-18,26,31H,14-15,19-20H2,1-2H3/t26-/m1/s1. The van der Waals surface area contributed by atoms with Crippen LogP contribution in [0.1, 0.15) is 21.5 Å². The van der Waals surface area contributed by atoms with Gasteiger partial charge in [0.2, 0.25) is 0 Å². The third-order valence-electron chi connectivity index (χ3n) is 6.45. The van der Waals surface area contributed by atoms with Crippen molar-refractivity contribution in [3.63, 3.8) is 0 Å². The highest BCUT2D eigenvalue weighted by Crippen LogP contribution is 2.38. The highest BCUT2D eigenvalue weighted by molar-refractivity contribution is 5.91. The minimum absolute atomic E-state index is 0.0282. The van der Waals surface area contributed by atoms with Crippen molar-refractivity contribution in [1.29, 1.82) is 0 Å². The average Bonchev–Trinajstić information content (AvgIpc) is 2.90. The lowest BCUT2D eigenvalue weighted by Crippen LogP contribution is -2.43. The third-order valence-corrected chi connectivity index (χ3v) is 6.45. The van der Waals surface area contributed by atoms with Gasteiger partial charge in [0.1, 0.15) is 11.9 Å². The van der Waals surface area contributed by atoms with Gasteiger partial charge >= 0.3 is 5.97 Å². The van der Waals surface area contributed by atoms with E-state index in [0.717, 1.165) is 42.2 Å². The van der Waals surface area contributed by atoms with Crippen LogP contribution in [0.15, 0.2) is 84.9 Å². The van der Waals surface area contributed by atoms with Gasteiger partial charge in [-0.1, -0.05) is 54.6 Å². The van der Waals surface area contributed by atoms with Crippen molar-refractivity contribution in [1.82, 2.24) is 5.32 Å². The van der Waals surface area contributed by atoms with Crippen molar-refractivity contribution in [2.75, 3.05) is 31.6 Å². The van der Waals surface area contributed by atoms with Gasteiger partial charge in [-0.15, -0.1) is 0 Å². The molecule has 0 aliphatic carbocycles. The Bertz CT molecular complexity index is 1350. The van der Waals surface area contributed by atoms with E-state index in [2.05, 4.69) is 64.8 Å². The van der Waals surface area contributed by atoms with Gasteiger partial charge in [0.05, 0.1) is 24.9 Å². The Balaban J connectivity index is 1.30. The summed E-state index contributed by atoms with van der Waals surface area (Å²) in [6.07, 6.45) is 0.925. The number of anilines is 2. The fraction of sp³-hybridized carbons (Fsp3) is 0.233. The zero-order valence-electron chi connectivity index (χ0n) is 20.2. The molecule has 4 aromatic rings. The molecule has 1 N–H and O–H groups in total. The first-order chi connectivity index (χ1) is 17.1. The highest BCUT2D eigenvalue weighted by atomic mass is 16.5. The maximum Gasteiger partial charge on any atom is 0.337 e. The Morgan fingerprint density at radius 2 is 1.83 bits per heavy atom. The molecule has 0 bridgehead atoms. The highest BCUT2D eigenvalue weighted by Gasteiger charge is 2.27. The first kappa shape index (κ1) is 22.9. The summed E-state index contributed by atoms with van der Waals surface area (Å²) >= 11 is 0. The van der Waals surface area contributed by atoms with Crippen LogP contribution < -0.4 is 15.0 Å². The van der Waals surface area contributed by atoms with Gasteiger partial charge in [0.15, 0.2) is 0 Å². The van der Waals surface area contributed by atoms with Crippen LogP contribution in [-0.2, 0) is 11.2 Å². The Morgan fingerprint density at radius 1 is 1.03 bits per heavy atom. The van der Waals surface area contributed by atoms with Gasteiger partial charge in [-0.2, -0.15) is 0 Å². The van der Waals surface area contributed by atoms with Crippen molar-refractivity contribution in [2.24, 2.45) is 0 Å². The fourth-order valence-electron chi connectivity index (χ4n) is 4.80. The summed E-state index contributed by atoms with van der Waals surface area (Å²) in [6.45, 7) is 4.27. The molecular formula is C30H30N2O3. The quantitative estimate of drug-likeness (QED) is 0.281. The molecule has 0 fully saturated rings. The molecule has 4 aromatic carbocycles. The van der Waals surface area contributed by atoms with Crippen molar-refractivity contribution in [3.05, 3.63) is 102 Å². The molecule has 5 heteroatoms. The second kappa shape index (κ2) is 10.2. The number of nitrogens with one attached hydrogen (secondary N) is 1. The summed E-state index contributed by atoms with van der Waals surface area (Å²) in [5.74, 6) is 0.517. The summed E-state index contributed by atoms with van der Waals surface area (Å²) in [5.41, 5.74) is 4.87. The van der Waals surface area contributed by atoms with Crippen molar-refractivity contribution in [2.45, 2.75) is 19.4 Å². The smallest absolute Gasteiger partial charge is 0.337 e. The predicted molar refractivity (Wildman–Crippen MR) is 141 cm³/mol. The van der Waals surface area contributed by atoms with Crippen LogP contribution in [0.25, 0.3) is 10.8 Å². The summed E-state index contributed by atoms with van der Waals surface area (Å²) in [6, 6.07) is 28.9. The van der Waals surface area contributed by atoms with Gasteiger partial charge in [-0.05, 0) is 72.1 Å². The number of rotatable bonds is 7. The first-order valence-electron chi connectivity index (χ1n) is 12.0. The Hall–Kier alpha value is -3.83. The number of hydrogen-bond acceptors (Lipinski definition) is 5. The molecule has 178 valence electrons. The lowest BCUT2D eigenvalue weighted by atomic mass is 10.0. The molecule has 0 saturated heterocycles. The van der Waals surface area contributed by atoms with Crippen LogP contribution >= 0.6 is 0 Å². The van der Waals surface area contributed by atoms with Crippen molar-refractivity contribution >= 4 is 28.1 Å². The fourth-order valence-corrected chi connectivity index (χ4v) is 4.80. The molecule has 0 spiro atoms. The maximum atomic E-state index is 12.2. The largest absolute Gasteiger partial charge is 0.485 e. The number of para-hydroxylation sites is 2. The molecule has 1 heterocycles. The summed E-state index contributed by atoms with van der Waals surface area (Å²) in [4.78, 5) is 14.4. The molecular weight excluding hydrogens is 436 g/mol. The summed E-state index contributed by atoms with van der Waals surface area (Å²) in [5, 5.41) is 6.18. The van der Waals surface area contributed by atoms with E-state index in [1.165, 1.54) is 23.4 Å². The molecule has 1 aliphatic rings. The van der Waals surface area contributed by atoms with Crippen LogP contribution in [0.2, 0.25) is 0 Å². The summed E-state index contributed by atoms with van der Waals surface area (Å²) < 4.78 is 11.3. The van der Waals surface area contributed by atoms with E-state index in [1.54, 1.807) is 0 Å². The Kier molecular flexibility index (Phi) is 6.68. The molecule has 0 saturated carbocycles. The molecule has 35 heavy (non-hydrogen) atoms. The minimum Gasteiger partial charge on any atom is -0.485 e. The number of esters is 1. The maximum absolute atomic E-state index is 12.2. The van der Waals surface area contributed by atoms with Crippen LogP contribution in [0.5, 0.6) is 5.75 Å². The Morgan fingerprint density at radius 3 is 2.71 bits per heavy atom. The van der Waals surface area contributed by atoms with E-state index in [1.807, 2.05) is 37.3 Å². The Labute approximate surface area is 206 Å². The van der Waals surface area contributed by atoms with E-state index in [-0.39, 0.29) is 12.1 Å². The monoisotopic (exact) mass is 466 g/mol. The molecule has 5 nitrogen and oxygen atoms in total. The zero-order valence-corrected chi connectivity index (χ0v) is 20.2. The van der Waals surface area contributed by atoms with Crippen LogP contribution in [0, 0.1) is 6.92 Å². The lowest BCUT2D eigenvalue weighted by molar-refractivity contribution is 0.0600. The molecule has 5 rings (SSSR count). The predicted octanol–water partition coefficient (Wildman–Crippen LogP) is 5.67. The van der Waals surface area contributed by atoms with Gasteiger partial charge < -0.3 is 19.7 Å². The van der Waals surface area contributed by atoms with Crippen molar-refractivity contribution in [3.8, 4) is 5.75 Å². The lowest BCUT2D eigenvalue weighted by Gasteiger charge is -2.36. The van der Waals surface area contributed by atoms with E-state index in [0.29, 0.717) is 12.1 Å². The number of carbonyl (C=O) groups excluding carboxylic acids is 1. The van der Waals surface area contributed by atoms with Gasteiger partial charge in [0.25, 0.3) is 0 Å². The number of methoxy groups -OCH3 is 1. The van der Waals surface area contributed by atoms with E-state index in [9.17, 15) is 4.79 Å². The van der Waals surface area contributed by atoms with Gasteiger partial charge in [0, 0.05) is 12.2 Å². The van der Waals surface area contributed by atoms with Crippen LogP contribution in [0.3, 0.4) is 0 Å². The summed E-state index contributed by atoms with van der Waals surface area (Å²) in [7, 11) is 1.41. The van der Waals surface area contributed by atoms with Gasteiger partial charge in [-0.25, -0.2) is 4.79 Å². The minimum atomic E-state index is -0.330. The number of ether oxygens (including phenoxy) is 2. The second-order valence-corrected chi connectivity index (χ2v) is 8.96. The van der Waals surface area contributed by atoms with Crippen LogP contribution in [-0.4, -0.2) is 38.8 Å². The number of carbonyl (C=O) groups is 1. The molecule has 1 aliphatic heterocycles. The number of aryl methyl sites for hydroxylation is 1. The molecule has 0 radical (unpaired) electrons. The van der Waals surface area contributed by atoms with Crippen molar-refractivity contribution < 1.29 is 14.3 Å². The zero-order chi connectivity index (χ0) is 24.2. The number of hydrogen-bond donors (Lipinski definition) is 1. The van der Waals surface area contributed by atoms with E-state index in [4.69, 9.17) is 9.47 Å². The number of nitrogens with zero attached hydrogens (tertiary/aromatic N) is 1. The molecule has 0 amide bonds. The molecule has 0 aromatic heterocycles.